The molecule has 0 unspecified atom stereocenters. The van der Waals surface area contributed by atoms with E-state index in [4.69, 9.17) is 0 Å². The van der Waals surface area contributed by atoms with Crippen LogP contribution in [0.1, 0.15) is 24.8 Å². The molecular formula is C14H21N3O. The van der Waals surface area contributed by atoms with Crippen molar-refractivity contribution < 1.29 is 4.79 Å². The van der Waals surface area contributed by atoms with Crippen LogP contribution in [-0.2, 0) is 11.2 Å². The van der Waals surface area contributed by atoms with Gasteiger partial charge in [-0.15, -0.1) is 0 Å². The second-order valence-electron chi connectivity index (χ2n) is 4.85. The largest absolute Gasteiger partial charge is 0.343 e. The van der Waals surface area contributed by atoms with Gasteiger partial charge in [-0.2, -0.15) is 0 Å². The molecule has 1 aliphatic rings. The van der Waals surface area contributed by atoms with Crippen LogP contribution in [0.15, 0.2) is 24.5 Å². The van der Waals surface area contributed by atoms with Crippen LogP contribution in [0.3, 0.4) is 0 Å². The van der Waals surface area contributed by atoms with Crippen molar-refractivity contribution in [3.63, 3.8) is 0 Å². The molecular weight excluding hydrogens is 226 g/mol. The topological polar surface area (TPSA) is 45.2 Å². The third kappa shape index (κ3) is 3.53. The van der Waals surface area contributed by atoms with Gasteiger partial charge in [0.2, 0.25) is 5.91 Å². The number of aromatic nitrogens is 1. The van der Waals surface area contributed by atoms with Crippen molar-refractivity contribution in [3.8, 4) is 0 Å². The molecule has 1 aromatic rings. The maximum atomic E-state index is 12.1. The van der Waals surface area contributed by atoms with Gasteiger partial charge < -0.3 is 10.2 Å². The van der Waals surface area contributed by atoms with E-state index in [1.54, 1.807) is 6.20 Å². The van der Waals surface area contributed by atoms with Gasteiger partial charge in [0, 0.05) is 31.9 Å². The Kier molecular flexibility index (Phi) is 4.70. The van der Waals surface area contributed by atoms with E-state index in [2.05, 4.69) is 10.3 Å². The number of carbonyl (C=O) groups is 1. The number of hydrogen-bond donors (Lipinski definition) is 1. The molecule has 0 saturated carbocycles. The smallest absolute Gasteiger partial charge is 0.222 e. The second-order valence-corrected chi connectivity index (χ2v) is 4.85. The molecule has 1 saturated heterocycles. The summed E-state index contributed by atoms with van der Waals surface area (Å²) in [4.78, 5) is 18.1. The van der Waals surface area contributed by atoms with Crippen LogP contribution in [0.25, 0.3) is 0 Å². The molecule has 4 nitrogen and oxygen atoms in total. The van der Waals surface area contributed by atoms with Gasteiger partial charge in [0.25, 0.3) is 0 Å². The summed E-state index contributed by atoms with van der Waals surface area (Å²) in [7, 11) is 1.93. The first-order valence-electron chi connectivity index (χ1n) is 6.62. The first-order valence-corrected chi connectivity index (χ1v) is 6.62. The van der Waals surface area contributed by atoms with E-state index in [9.17, 15) is 4.79 Å². The van der Waals surface area contributed by atoms with Gasteiger partial charge in [-0.25, -0.2) is 0 Å². The molecule has 0 atom stereocenters. The second kappa shape index (κ2) is 6.50. The van der Waals surface area contributed by atoms with Crippen molar-refractivity contribution in [1.82, 2.24) is 15.2 Å². The Morgan fingerprint density at radius 2 is 2.28 bits per heavy atom. The number of aryl methyl sites for hydroxylation is 1. The lowest BCUT2D eigenvalue weighted by Gasteiger charge is -2.31. The Bertz CT molecular complexity index is 374. The Morgan fingerprint density at radius 3 is 2.94 bits per heavy atom. The van der Waals surface area contributed by atoms with Crippen LogP contribution < -0.4 is 5.32 Å². The lowest BCUT2D eigenvalue weighted by Crippen LogP contribution is -2.44. The van der Waals surface area contributed by atoms with Crippen LogP contribution in [0, 0.1) is 0 Å². The number of pyridine rings is 1. The SMILES string of the molecule is CN(C(=O)CCc1cccnc1)C1CCNCC1. The Hall–Kier alpha value is -1.42. The monoisotopic (exact) mass is 247 g/mol. The summed E-state index contributed by atoms with van der Waals surface area (Å²) < 4.78 is 0. The van der Waals surface area contributed by atoms with Crippen molar-refractivity contribution >= 4 is 5.91 Å². The predicted octanol–water partition coefficient (Wildman–Crippen LogP) is 1.22. The maximum absolute atomic E-state index is 12.1. The Morgan fingerprint density at radius 1 is 1.50 bits per heavy atom. The van der Waals surface area contributed by atoms with Crippen molar-refractivity contribution in [1.29, 1.82) is 0 Å². The molecule has 2 rings (SSSR count). The summed E-state index contributed by atoms with van der Waals surface area (Å²) in [5.41, 5.74) is 1.13. The first-order chi connectivity index (χ1) is 8.77. The van der Waals surface area contributed by atoms with Gasteiger partial charge in [0.15, 0.2) is 0 Å². The predicted molar refractivity (Wildman–Crippen MR) is 71.2 cm³/mol. The number of carbonyl (C=O) groups excluding carboxylic acids is 1. The molecule has 98 valence electrons. The summed E-state index contributed by atoms with van der Waals surface area (Å²) in [5.74, 6) is 0.241. The van der Waals surface area contributed by atoms with Crippen molar-refractivity contribution in [2.45, 2.75) is 31.7 Å². The Labute approximate surface area is 108 Å². The summed E-state index contributed by atoms with van der Waals surface area (Å²) in [6.45, 7) is 2.04. The van der Waals surface area contributed by atoms with Crippen LogP contribution in [0.5, 0.6) is 0 Å². The summed E-state index contributed by atoms with van der Waals surface area (Å²) >= 11 is 0. The highest BCUT2D eigenvalue weighted by molar-refractivity contribution is 5.76. The van der Waals surface area contributed by atoms with Crippen LogP contribution >= 0.6 is 0 Å². The summed E-state index contributed by atoms with van der Waals surface area (Å²) in [6.07, 6.45) is 7.07. The van der Waals surface area contributed by atoms with E-state index in [0.717, 1.165) is 37.9 Å². The van der Waals surface area contributed by atoms with Gasteiger partial charge in [-0.3, -0.25) is 9.78 Å². The zero-order valence-electron chi connectivity index (χ0n) is 10.9. The minimum Gasteiger partial charge on any atom is -0.343 e. The third-order valence-corrected chi connectivity index (χ3v) is 3.60. The number of amides is 1. The molecule has 1 amide bonds. The van der Waals surface area contributed by atoms with Gasteiger partial charge in [0.05, 0.1) is 0 Å². The molecule has 1 aromatic heterocycles. The molecule has 0 bridgehead atoms. The highest BCUT2D eigenvalue weighted by atomic mass is 16.2. The zero-order chi connectivity index (χ0) is 12.8. The molecule has 1 aliphatic heterocycles. The van der Waals surface area contributed by atoms with Crippen molar-refractivity contribution in [2.24, 2.45) is 0 Å². The fourth-order valence-electron chi connectivity index (χ4n) is 2.37. The molecule has 0 aliphatic carbocycles. The normalized spacial score (nSPS) is 16.5. The van der Waals surface area contributed by atoms with Crippen LogP contribution in [-0.4, -0.2) is 42.0 Å². The fraction of sp³-hybridized carbons (Fsp3) is 0.571. The molecule has 0 spiro atoms. The molecule has 0 radical (unpaired) electrons. The van der Waals surface area contributed by atoms with Crippen molar-refractivity contribution in [3.05, 3.63) is 30.1 Å². The van der Waals surface area contributed by atoms with Crippen LogP contribution in [0.2, 0.25) is 0 Å². The highest BCUT2D eigenvalue weighted by Crippen LogP contribution is 2.12. The summed E-state index contributed by atoms with van der Waals surface area (Å²) in [6, 6.07) is 4.34. The van der Waals surface area contributed by atoms with Crippen LogP contribution in [0.4, 0.5) is 0 Å². The minimum atomic E-state index is 0.241. The van der Waals surface area contributed by atoms with E-state index < -0.39 is 0 Å². The minimum absolute atomic E-state index is 0.241. The van der Waals surface area contributed by atoms with E-state index in [-0.39, 0.29) is 5.91 Å². The standard InChI is InChI=1S/C14H21N3O/c1-17(13-6-9-15-10-7-13)14(18)5-4-12-3-2-8-16-11-12/h2-3,8,11,13,15H,4-7,9-10H2,1H3. The zero-order valence-corrected chi connectivity index (χ0v) is 10.9. The number of piperidine rings is 1. The number of hydrogen-bond acceptors (Lipinski definition) is 3. The molecule has 1 fully saturated rings. The average Bonchev–Trinajstić information content (AvgIpc) is 2.46. The van der Waals surface area contributed by atoms with E-state index in [0.29, 0.717) is 12.5 Å². The van der Waals surface area contributed by atoms with Gasteiger partial charge in [0.1, 0.15) is 0 Å². The maximum Gasteiger partial charge on any atom is 0.222 e. The molecule has 2 heterocycles. The quantitative estimate of drug-likeness (QED) is 0.870. The van der Waals surface area contributed by atoms with Crippen molar-refractivity contribution in [2.75, 3.05) is 20.1 Å². The van der Waals surface area contributed by atoms with Gasteiger partial charge in [-0.05, 0) is 44.0 Å². The molecule has 1 N–H and O–H groups in total. The molecule has 18 heavy (non-hydrogen) atoms. The average molecular weight is 247 g/mol. The third-order valence-electron chi connectivity index (χ3n) is 3.60. The lowest BCUT2D eigenvalue weighted by molar-refractivity contribution is -0.132. The van der Waals surface area contributed by atoms with E-state index >= 15 is 0 Å². The first kappa shape index (κ1) is 13.0. The highest BCUT2D eigenvalue weighted by Gasteiger charge is 2.21. The van der Waals surface area contributed by atoms with E-state index in [1.807, 2.05) is 30.3 Å². The van der Waals surface area contributed by atoms with Gasteiger partial charge >= 0.3 is 0 Å². The van der Waals surface area contributed by atoms with Gasteiger partial charge in [-0.1, -0.05) is 6.07 Å². The molecule has 4 heteroatoms. The number of nitrogens with one attached hydrogen (secondary N) is 1. The van der Waals surface area contributed by atoms with E-state index in [1.165, 1.54) is 0 Å². The summed E-state index contributed by atoms with van der Waals surface area (Å²) in [5, 5.41) is 3.32. The number of rotatable bonds is 4. The Balaban J connectivity index is 1.80. The molecule has 0 aromatic carbocycles. The lowest BCUT2D eigenvalue weighted by atomic mass is 10.0. The fourth-order valence-corrected chi connectivity index (χ4v) is 2.37. The number of nitrogens with zero attached hydrogens (tertiary/aromatic N) is 2.